The predicted octanol–water partition coefficient (Wildman–Crippen LogP) is 4.23. The number of benzene rings is 2. The lowest BCUT2D eigenvalue weighted by Crippen LogP contribution is -2.60. The molecule has 8 heteroatoms. The van der Waals surface area contributed by atoms with E-state index in [2.05, 4.69) is 28.8 Å². The second-order valence-electron chi connectivity index (χ2n) is 10.5. The van der Waals surface area contributed by atoms with Crippen molar-refractivity contribution in [2.75, 3.05) is 13.7 Å². The van der Waals surface area contributed by atoms with Gasteiger partial charge in [-0.1, -0.05) is 60.7 Å². The van der Waals surface area contributed by atoms with Gasteiger partial charge in [0.15, 0.2) is 0 Å². The van der Waals surface area contributed by atoms with Crippen LogP contribution in [0.4, 0.5) is 0 Å². The van der Waals surface area contributed by atoms with Crippen LogP contribution >= 0.6 is 0 Å². The fraction of sp³-hybridized carbons (Fsp3) is 0.433. The van der Waals surface area contributed by atoms with Crippen molar-refractivity contribution in [3.8, 4) is 5.75 Å². The molecule has 0 radical (unpaired) electrons. The van der Waals surface area contributed by atoms with Crippen LogP contribution in [0.5, 0.6) is 5.75 Å². The van der Waals surface area contributed by atoms with Crippen molar-refractivity contribution in [1.82, 2.24) is 14.9 Å². The average Bonchev–Trinajstić information content (AvgIpc) is 3.16. The number of amides is 1. The summed E-state index contributed by atoms with van der Waals surface area (Å²) in [5.41, 5.74) is 1.85. The molecule has 0 aromatic heterocycles. The molecule has 38 heavy (non-hydrogen) atoms. The van der Waals surface area contributed by atoms with Crippen molar-refractivity contribution in [3.63, 3.8) is 0 Å². The molecular formula is C30H37N3O4S. The quantitative estimate of drug-likeness (QED) is 0.500. The van der Waals surface area contributed by atoms with Gasteiger partial charge < -0.3 is 15.4 Å². The first kappa shape index (κ1) is 26.7. The van der Waals surface area contributed by atoms with Gasteiger partial charge in [-0.2, -0.15) is 0 Å². The van der Waals surface area contributed by atoms with Crippen LogP contribution in [-0.4, -0.2) is 44.4 Å². The first-order valence-corrected chi connectivity index (χ1v) is 14.9. The van der Waals surface area contributed by atoms with E-state index in [0.29, 0.717) is 25.8 Å². The summed E-state index contributed by atoms with van der Waals surface area (Å²) in [7, 11) is -2.11. The van der Waals surface area contributed by atoms with E-state index in [1.54, 1.807) is 19.3 Å². The minimum Gasteiger partial charge on any atom is -0.496 e. The number of ether oxygens (including phenoxy) is 1. The maximum Gasteiger partial charge on any atom is 0.263 e. The number of hydrogen-bond acceptors (Lipinski definition) is 6. The summed E-state index contributed by atoms with van der Waals surface area (Å²) in [6.07, 6.45) is 8.87. The molecule has 2 saturated heterocycles. The monoisotopic (exact) mass is 535 g/mol. The summed E-state index contributed by atoms with van der Waals surface area (Å²) in [4.78, 5) is 13.5. The highest BCUT2D eigenvalue weighted by Crippen LogP contribution is 2.41. The molecule has 2 N–H and O–H groups in total. The van der Waals surface area contributed by atoms with Crippen LogP contribution in [0.2, 0.25) is 0 Å². The molecule has 3 aliphatic rings. The lowest BCUT2D eigenvalue weighted by Gasteiger charge is -2.47. The number of sulfonamides is 1. The van der Waals surface area contributed by atoms with E-state index in [4.69, 9.17) is 4.74 Å². The highest BCUT2D eigenvalue weighted by molar-refractivity contribution is 7.94. The van der Waals surface area contributed by atoms with Gasteiger partial charge in [0.05, 0.1) is 23.5 Å². The Bertz CT molecular complexity index is 1320. The maximum atomic E-state index is 13.3. The van der Waals surface area contributed by atoms with Gasteiger partial charge in [0.25, 0.3) is 10.0 Å². The van der Waals surface area contributed by atoms with E-state index in [9.17, 15) is 13.2 Å². The van der Waals surface area contributed by atoms with Crippen LogP contribution in [0.25, 0.3) is 0 Å². The Morgan fingerprint density at radius 3 is 2.68 bits per heavy atom. The fourth-order valence-corrected chi connectivity index (χ4v) is 8.26. The molecule has 1 amide bonds. The lowest BCUT2D eigenvalue weighted by atomic mass is 9.74. The molecule has 2 fully saturated rings. The molecule has 5 rings (SSSR count). The van der Waals surface area contributed by atoms with E-state index in [1.165, 1.54) is 5.56 Å². The van der Waals surface area contributed by atoms with Crippen molar-refractivity contribution in [1.29, 1.82) is 0 Å². The number of nitrogens with zero attached hydrogens (tertiary/aromatic N) is 1. The minimum atomic E-state index is -3.80. The van der Waals surface area contributed by atoms with E-state index >= 15 is 0 Å². The van der Waals surface area contributed by atoms with Crippen LogP contribution in [0.1, 0.15) is 50.2 Å². The number of nitrogens with one attached hydrogen (secondary N) is 2. The molecule has 2 heterocycles. The number of piperidine rings is 1. The van der Waals surface area contributed by atoms with Crippen LogP contribution in [-0.2, 0) is 26.9 Å². The summed E-state index contributed by atoms with van der Waals surface area (Å²) >= 11 is 0. The zero-order valence-corrected chi connectivity index (χ0v) is 22.9. The van der Waals surface area contributed by atoms with Crippen molar-refractivity contribution < 1.29 is 17.9 Å². The summed E-state index contributed by atoms with van der Waals surface area (Å²) in [5.74, 6) is -0.0337. The van der Waals surface area contributed by atoms with Gasteiger partial charge in [0.1, 0.15) is 5.75 Å². The summed E-state index contributed by atoms with van der Waals surface area (Å²) in [6, 6.07) is 18.1. The van der Waals surface area contributed by atoms with Gasteiger partial charge in [-0.3, -0.25) is 4.79 Å². The maximum absolute atomic E-state index is 13.3. The van der Waals surface area contributed by atoms with Gasteiger partial charge in [-0.05, 0) is 63.3 Å². The molecule has 202 valence electrons. The standard InChI is InChI=1S/C30H37N3O4S/c1-22(33-29(34)25-14-7-9-16-27(25)38(33,35)36)18-19-30(24-12-4-3-5-13-24)28(17-10-20-32-30)31-21-23-11-6-8-15-26(23)37-2/h3-9,11-13,15-16,22,25,28,31-32H,10,14,17-21H2,1-2H3. The van der Waals surface area contributed by atoms with Crippen molar-refractivity contribution in [3.05, 3.63) is 88.9 Å². The van der Waals surface area contributed by atoms with Crippen LogP contribution < -0.4 is 15.4 Å². The molecule has 1 aliphatic carbocycles. The van der Waals surface area contributed by atoms with Crippen LogP contribution in [0, 0.1) is 5.92 Å². The third-order valence-electron chi connectivity index (χ3n) is 8.27. The number of hydrogen-bond donors (Lipinski definition) is 2. The molecule has 2 aromatic carbocycles. The Hall–Kier alpha value is -2.94. The third kappa shape index (κ3) is 4.81. The van der Waals surface area contributed by atoms with Gasteiger partial charge in [0, 0.05) is 24.2 Å². The molecule has 0 bridgehead atoms. The molecule has 0 spiro atoms. The zero-order valence-electron chi connectivity index (χ0n) is 22.1. The van der Waals surface area contributed by atoms with Gasteiger partial charge >= 0.3 is 0 Å². The SMILES string of the molecule is COc1ccccc1CNC1CCCNC1(CCC(C)N1C(=O)C2CC=CC=C2S1(=O)=O)c1ccccc1. The van der Waals surface area contributed by atoms with Crippen LogP contribution in [0.15, 0.2) is 77.7 Å². The topological polar surface area (TPSA) is 87.7 Å². The second kappa shape index (κ2) is 11.0. The fourth-order valence-electron chi connectivity index (χ4n) is 6.28. The second-order valence-corrected chi connectivity index (χ2v) is 12.3. The van der Waals surface area contributed by atoms with E-state index in [0.717, 1.165) is 35.0 Å². The Kier molecular flexibility index (Phi) is 7.75. The van der Waals surface area contributed by atoms with Gasteiger partial charge in [-0.15, -0.1) is 0 Å². The van der Waals surface area contributed by atoms with Crippen molar-refractivity contribution >= 4 is 15.9 Å². The lowest BCUT2D eigenvalue weighted by molar-refractivity contribution is -0.129. The Morgan fingerprint density at radius 1 is 1.16 bits per heavy atom. The summed E-state index contributed by atoms with van der Waals surface area (Å²) in [6.45, 7) is 3.39. The van der Waals surface area contributed by atoms with Crippen molar-refractivity contribution in [2.45, 2.75) is 63.2 Å². The Morgan fingerprint density at radius 2 is 1.92 bits per heavy atom. The molecule has 7 nitrogen and oxygen atoms in total. The predicted molar refractivity (Wildman–Crippen MR) is 149 cm³/mol. The van der Waals surface area contributed by atoms with Crippen molar-refractivity contribution in [2.24, 2.45) is 5.92 Å². The largest absolute Gasteiger partial charge is 0.496 e. The van der Waals surface area contributed by atoms with Gasteiger partial charge in [-0.25, -0.2) is 12.7 Å². The third-order valence-corrected chi connectivity index (χ3v) is 10.3. The van der Waals surface area contributed by atoms with Crippen LogP contribution in [0.3, 0.4) is 0 Å². The molecule has 2 aliphatic heterocycles. The Balaban J connectivity index is 1.40. The summed E-state index contributed by atoms with van der Waals surface area (Å²) in [5, 5.41) is 7.63. The highest BCUT2D eigenvalue weighted by Gasteiger charge is 2.50. The number of fused-ring (bicyclic) bond motifs is 1. The number of para-hydroxylation sites is 1. The van der Waals surface area contributed by atoms with Gasteiger partial charge in [0.2, 0.25) is 5.91 Å². The first-order chi connectivity index (χ1) is 18.4. The number of rotatable bonds is 9. The number of allylic oxidation sites excluding steroid dienone is 3. The normalized spacial score (nSPS) is 27.1. The molecular weight excluding hydrogens is 498 g/mol. The zero-order chi connectivity index (χ0) is 26.8. The minimum absolute atomic E-state index is 0.108. The number of carbonyl (C=O) groups is 1. The first-order valence-electron chi connectivity index (χ1n) is 13.5. The molecule has 2 aromatic rings. The van der Waals surface area contributed by atoms with E-state index < -0.39 is 27.5 Å². The number of carbonyl (C=O) groups excluding carboxylic acids is 1. The molecule has 0 saturated carbocycles. The van der Waals surface area contributed by atoms with E-state index in [-0.39, 0.29) is 16.9 Å². The molecule has 4 atom stereocenters. The number of methoxy groups -OCH3 is 1. The smallest absolute Gasteiger partial charge is 0.263 e. The average molecular weight is 536 g/mol. The van der Waals surface area contributed by atoms with E-state index in [1.807, 2.05) is 49.4 Å². The highest BCUT2D eigenvalue weighted by atomic mass is 32.2. The Labute approximate surface area is 226 Å². The summed E-state index contributed by atoms with van der Waals surface area (Å²) < 4.78 is 33.4. The molecule has 4 unspecified atom stereocenters.